The lowest BCUT2D eigenvalue weighted by molar-refractivity contribution is -0.384. The van der Waals surface area contributed by atoms with Gasteiger partial charge in [0.25, 0.3) is 15.7 Å². The largest absolute Gasteiger partial charge is 0.355 e. The lowest BCUT2D eigenvalue weighted by atomic mass is 9.95. The first-order valence-corrected chi connectivity index (χ1v) is 12.3. The van der Waals surface area contributed by atoms with Gasteiger partial charge in [0, 0.05) is 12.1 Å². The van der Waals surface area contributed by atoms with Crippen LogP contribution in [0.4, 0.5) is 5.69 Å². The molecule has 9 nitrogen and oxygen atoms in total. The van der Waals surface area contributed by atoms with Crippen molar-refractivity contribution in [2.24, 2.45) is 0 Å². The molecule has 0 amide bonds. The van der Waals surface area contributed by atoms with Crippen LogP contribution in [0, 0.1) is 10.1 Å². The maximum Gasteiger partial charge on any atom is 0.355 e. The molecule has 11 heteroatoms. The van der Waals surface area contributed by atoms with E-state index in [1.165, 1.54) is 0 Å². The van der Waals surface area contributed by atoms with E-state index in [9.17, 15) is 28.0 Å². The molecular weight excluding hydrogens is 441 g/mol. The first-order valence-electron chi connectivity index (χ1n) is 9.22. The smallest absolute Gasteiger partial charge is 0.321 e. The fourth-order valence-corrected chi connectivity index (χ4v) is 7.83. The quantitative estimate of drug-likeness (QED) is 0.337. The van der Waals surface area contributed by atoms with Crippen LogP contribution < -0.4 is 5.09 Å². The zero-order valence-corrected chi connectivity index (χ0v) is 17.7. The maximum absolute atomic E-state index is 13.5. The molecule has 0 aliphatic carbocycles. The minimum absolute atomic E-state index is 0.285. The van der Waals surface area contributed by atoms with Gasteiger partial charge in [-0.1, -0.05) is 60.7 Å². The molecule has 1 aliphatic rings. The minimum atomic E-state index is -4.55. The van der Waals surface area contributed by atoms with Crippen LogP contribution in [0.25, 0.3) is 0 Å². The van der Waals surface area contributed by atoms with Crippen LogP contribution in [-0.4, -0.2) is 22.3 Å². The molecule has 1 fully saturated rings. The number of non-ortho nitro benzene ring substituents is 1. The third-order valence-electron chi connectivity index (χ3n) is 5.02. The van der Waals surface area contributed by atoms with Gasteiger partial charge in [0.15, 0.2) is 0 Å². The van der Waals surface area contributed by atoms with E-state index in [0.29, 0.717) is 15.2 Å². The zero-order valence-electron chi connectivity index (χ0n) is 16.0. The van der Waals surface area contributed by atoms with E-state index in [1.54, 1.807) is 60.7 Å². The fraction of sp³-hybridized carbons (Fsp3) is 0.100. The van der Waals surface area contributed by atoms with Crippen molar-refractivity contribution in [2.45, 2.75) is 17.0 Å². The Kier molecular flexibility index (Phi) is 5.50. The van der Waals surface area contributed by atoms with E-state index in [0.717, 1.165) is 24.3 Å². The second-order valence-corrected chi connectivity index (χ2v) is 10.8. The van der Waals surface area contributed by atoms with E-state index in [-0.39, 0.29) is 10.6 Å². The Labute approximate surface area is 178 Å². The molecule has 31 heavy (non-hydrogen) atoms. The topological polar surface area (TPSA) is 130 Å². The summed E-state index contributed by atoms with van der Waals surface area (Å²) in [5.41, 5.74) is 0.889. The van der Waals surface area contributed by atoms with Crippen LogP contribution in [0.2, 0.25) is 0 Å². The van der Waals surface area contributed by atoms with Crippen molar-refractivity contribution in [3.63, 3.8) is 0 Å². The van der Waals surface area contributed by atoms with Gasteiger partial charge in [-0.2, -0.15) is 0 Å². The predicted molar refractivity (Wildman–Crippen MR) is 113 cm³/mol. The molecule has 3 atom stereocenters. The molecule has 0 bridgehead atoms. The van der Waals surface area contributed by atoms with Crippen molar-refractivity contribution in [3.8, 4) is 0 Å². The van der Waals surface area contributed by atoms with Gasteiger partial charge >= 0.3 is 7.67 Å². The Morgan fingerprint density at radius 2 is 1.42 bits per heavy atom. The summed E-state index contributed by atoms with van der Waals surface area (Å²) >= 11 is 0. The van der Waals surface area contributed by atoms with Crippen molar-refractivity contribution in [3.05, 3.63) is 106 Å². The highest BCUT2D eigenvalue weighted by atomic mass is 32.2. The van der Waals surface area contributed by atoms with E-state index in [2.05, 4.69) is 5.09 Å². The first-order chi connectivity index (χ1) is 14.7. The third-order valence-corrected chi connectivity index (χ3v) is 9.31. The number of rotatable bonds is 5. The summed E-state index contributed by atoms with van der Waals surface area (Å²) in [5, 5.41) is 13.5. The third kappa shape index (κ3) is 3.91. The molecule has 1 heterocycles. The monoisotopic (exact) mass is 459 g/mol. The van der Waals surface area contributed by atoms with Gasteiger partial charge in [0.05, 0.1) is 21.9 Å². The number of sulfonamides is 1. The van der Waals surface area contributed by atoms with Crippen LogP contribution in [0.5, 0.6) is 0 Å². The number of hydrogen-bond donors (Lipinski definition) is 2. The van der Waals surface area contributed by atoms with Crippen LogP contribution >= 0.6 is 7.67 Å². The van der Waals surface area contributed by atoms with Crippen molar-refractivity contribution in [2.75, 3.05) is 0 Å². The van der Waals surface area contributed by atoms with Crippen LogP contribution in [-0.2, 0) is 14.6 Å². The molecule has 160 valence electrons. The van der Waals surface area contributed by atoms with Crippen molar-refractivity contribution < 1.29 is 22.8 Å². The van der Waals surface area contributed by atoms with E-state index in [1.807, 2.05) is 0 Å². The van der Waals surface area contributed by atoms with E-state index >= 15 is 0 Å². The molecule has 0 spiro atoms. The Balaban J connectivity index is 1.87. The number of nitro benzene ring substituents is 1. The standard InChI is InChI=1S/C20H18N3O6PS/c24-22(25)17-11-13-18(14-12-17)31(28,29)23-20(16-9-5-2-6-10-16)19(21-30(23,26)27)15-7-3-1-4-8-15/h1-14,19-20H,(H2,21,26,27). The molecule has 4 rings (SSSR count). The molecule has 3 aromatic rings. The van der Waals surface area contributed by atoms with Gasteiger partial charge in [-0.3, -0.25) is 14.7 Å². The molecule has 0 saturated carbocycles. The fourth-order valence-electron chi connectivity index (χ4n) is 3.64. The van der Waals surface area contributed by atoms with Gasteiger partial charge in [-0.15, -0.1) is 4.08 Å². The average molecular weight is 459 g/mol. The molecule has 0 aromatic heterocycles. The molecule has 1 saturated heterocycles. The summed E-state index contributed by atoms with van der Waals surface area (Å²) in [4.78, 5) is 20.7. The summed E-state index contributed by atoms with van der Waals surface area (Å²) < 4.78 is 40.7. The van der Waals surface area contributed by atoms with Gasteiger partial charge in [0.2, 0.25) is 0 Å². The SMILES string of the molecule is O=[N+]([O-])c1ccc(S(=O)(=O)N2C(c3ccccc3)C(c3ccccc3)NP2(=O)O)cc1. The minimum Gasteiger partial charge on any atom is -0.321 e. The summed E-state index contributed by atoms with van der Waals surface area (Å²) in [6.45, 7) is 0. The number of benzene rings is 3. The Hall–Kier alpha value is -2.88. The summed E-state index contributed by atoms with van der Waals surface area (Å²) in [5.74, 6) is 0. The predicted octanol–water partition coefficient (Wildman–Crippen LogP) is 3.77. The van der Waals surface area contributed by atoms with E-state index < -0.39 is 34.7 Å². The second kappa shape index (κ2) is 7.99. The molecule has 1 aliphatic heterocycles. The normalized spacial score (nSPS) is 24.2. The van der Waals surface area contributed by atoms with Gasteiger partial charge in [-0.05, 0) is 23.3 Å². The first kappa shape index (κ1) is 21.4. The summed E-state index contributed by atoms with van der Waals surface area (Å²) in [6, 6.07) is 19.8. The Morgan fingerprint density at radius 1 is 0.903 bits per heavy atom. The summed E-state index contributed by atoms with van der Waals surface area (Å²) in [7, 11) is -9.04. The average Bonchev–Trinajstić information content (AvgIpc) is 3.07. The molecule has 3 aromatic carbocycles. The lowest BCUT2D eigenvalue weighted by Crippen LogP contribution is -2.29. The molecule has 3 unspecified atom stereocenters. The molecule has 0 radical (unpaired) electrons. The highest BCUT2D eigenvalue weighted by Crippen LogP contribution is 2.61. The van der Waals surface area contributed by atoms with E-state index in [4.69, 9.17) is 0 Å². The second-order valence-electron chi connectivity index (χ2n) is 6.95. The molecule has 2 N–H and O–H groups in total. The van der Waals surface area contributed by atoms with Crippen molar-refractivity contribution in [1.82, 2.24) is 9.16 Å². The number of hydrogen-bond acceptors (Lipinski definition) is 5. The maximum atomic E-state index is 13.5. The lowest BCUT2D eigenvalue weighted by Gasteiger charge is -2.27. The molecular formula is C20H18N3O6PS. The van der Waals surface area contributed by atoms with Gasteiger partial charge in [0.1, 0.15) is 0 Å². The van der Waals surface area contributed by atoms with Crippen LogP contribution in [0.15, 0.2) is 89.8 Å². The Morgan fingerprint density at radius 3 is 1.94 bits per heavy atom. The highest BCUT2D eigenvalue weighted by Gasteiger charge is 2.55. The zero-order chi connectivity index (χ0) is 22.2. The van der Waals surface area contributed by atoms with Crippen LogP contribution in [0.1, 0.15) is 23.2 Å². The number of nitro groups is 1. The van der Waals surface area contributed by atoms with Crippen molar-refractivity contribution >= 4 is 23.4 Å². The highest BCUT2D eigenvalue weighted by molar-refractivity contribution is 7.94. The van der Waals surface area contributed by atoms with Gasteiger partial charge < -0.3 is 4.89 Å². The number of nitrogens with one attached hydrogen (secondary N) is 1. The van der Waals surface area contributed by atoms with Crippen molar-refractivity contribution in [1.29, 1.82) is 0 Å². The number of nitrogens with zero attached hydrogens (tertiary/aromatic N) is 2. The van der Waals surface area contributed by atoms with Crippen LogP contribution in [0.3, 0.4) is 0 Å². The summed E-state index contributed by atoms with van der Waals surface area (Å²) in [6.07, 6.45) is 0. The Bertz CT molecular complexity index is 1250. The van der Waals surface area contributed by atoms with Gasteiger partial charge in [-0.25, -0.2) is 13.5 Å².